The number of pyridine rings is 2. The molecule has 108 valence electrons. The summed E-state index contributed by atoms with van der Waals surface area (Å²) in [4.78, 5) is 8.86. The summed E-state index contributed by atoms with van der Waals surface area (Å²) in [5, 5.41) is 8.33. The molecule has 0 spiro atoms. The minimum absolute atomic E-state index is 0.443. The third-order valence-electron chi connectivity index (χ3n) is 3.45. The van der Waals surface area contributed by atoms with Gasteiger partial charge in [-0.3, -0.25) is 0 Å². The monoisotopic (exact) mass is 291 g/mol. The van der Waals surface area contributed by atoms with Crippen LogP contribution in [0.5, 0.6) is 0 Å². The number of fused-ring (bicyclic) bond motifs is 1. The zero-order valence-corrected chi connectivity index (χ0v) is 12.2. The van der Waals surface area contributed by atoms with Crippen LogP contribution in [0, 0.1) is 13.8 Å². The number of aromatic nitrogens is 5. The molecule has 0 saturated heterocycles. The molecule has 0 aliphatic rings. The Balaban J connectivity index is 1.82. The molecule has 4 heterocycles. The lowest BCUT2D eigenvalue weighted by Gasteiger charge is -1.96. The van der Waals surface area contributed by atoms with Crippen molar-refractivity contribution in [3.8, 4) is 23.0 Å². The SMILES string of the molecule is Cc1ccn2ncc(-c3nc(-c4cccc(C)n4)no3)c2c1. The predicted octanol–water partition coefficient (Wildman–Crippen LogP) is 3.06. The second kappa shape index (κ2) is 4.77. The van der Waals surface area contributed by atoms with E-state index in [4.69, 9.17) is 4.52 Å². The highest BCUT2D eigenvalue weighted by Gasteiger charge is 2.15. The van der Waals surface area contributed by atoms with Crippen LogP contribution in [0.4, 0.5) is 0 Å². The molecule has 0 amide bonds. The Kier molecular flexibility index (Phi) is 2.75. The Morgan fingerprint density at radius 2 is 2.00 bits per heavy atom. The molecule has 0 fully saturated rings. The van der Waals surface area contributed by atoms with Gasteiger partial charge in [0.1, 0.15) is 5.69 Å². The maximum atomic E-state index is 5.40. The molecule has 0 radical (unpaired) electrons. The van der Waals surface area contributed by atoms with Gasteiger partial charge in [0, 0.05) is 11.9 Å². The van der Waals surface area contributed by atoms with Crippen molar-refractivity contribution >= 4 is 5.52 Å². The normalized spacial score (nSPS) is 11.2. The molecule has 0 N–H and O–H groups in total. The van der Waals surface area contributed by atoms with Crippen LogP contribution in [-0.2, 0) is 0 Å². The van der Waals surface area contributed by atoms with Crippen molar-refractivity contribution in [2.75, 3.05) is 0 Å². The Hall–Kier alpha value is -3.02. The fourth-order valence-corrected chi connectivity index (χ4v) is 2.36. The van der Waals surface area contributed by atoms with Crippen LogP contribution in [0.1, 0.15) is 11.3 Å². The van der Waals surface area contributed by atoms with Crippen molar-refractivity contribution in [1.82, 2.24) is 24.7 Å². The number of nitrogens with zero attached hydrogens (tertiary/aromatic N) is 5. The van der Waals surface area contributed by atoms with Crippen molar-refractivity contribution in [3.63, 3.8) is 0 Å². The standard InChI is InChI=1S/C16H13N5O/c1-10-6-7-21-14(8-10)12(9-17-21)16-19-15(20-22-16)13-5-3-4-11(2)18-13/h3-9H,1-2H3. The predicted molar refractivity (Wildman–Crippen MR) is 81.2 cm³/mol. The van der Waals surface area contributed by atoms with Gasteiger partial charge in [0.15, 0.2) is 0 Å². The molecule has 4 aromatic rings. The van der Waals surface area contributed by atoms with Gasteiger partial charge in [0.2, 0.25) is 5.82 Å². The van der Waals surface area contributed by atoms with Crippen molar-refractivity contribution < 1.29 is 4.52 Å². The van der Waals surface area contributed by atoms with Crippen LogP contribution in [0.2, 0.25) is 0 Å². The second-order valence-electron chi connectivity index (χ2n) is 5.18. The molecule has 0 aliphatic carbocycles. The lowest BCUT2D eigenvalue weighted by atomic mass is 10.2. The van der Waals surface area contributed by atoms with E-state index in [1.807, 2.05) is 50.4 Å². The quantitative estimate of drug-likeness (QED) is 0.567. The number of rotatable bonds is 2. The zero-order chi connectivity index (χ0) is 15.1. The van der Waals surface area contributed by atoms with Crippen molar-refractivity contribution in [2.24, 2.45) is 0 Å². The summed E-state index contributed by atoms with van der Waals surface area (Å²) < 4.78 is 7.19. The first-order valence-electron chi connectivity index (χ1n) is 6.93. The average molecular weight is 291 g/mol. The lowest BCUT2D eigenvalue weighted by molar-refractivity contribution is 0.432. The van der Waals surface area contributed by atoms with Crippen LogP contribution in [0.3, 0.4) is 0 Å². The van der Waals surface area contributed by atoms with E-state index < -0.39 is 0 Å². The zero-order valence-electron chi connectivity index (χ0n) is 12.2. The van der Waals surface area contributed by atoms with Crippen molar-refractivity contribution in [2.45, 2.75) is 13.8 Å². The first-order valence-corrected chi connectivity index (χ1v) is 6.93. The van der Waals surface area contributed by atoms with Crippen LogP contribution in [0.15, 0.2) is 47.2 Å². The molecular formula is C16H13N5O. The van der Waals surface area contributed by atoms with Gasteiger partial charge in [-0.2, -0.15) is 10.1 Å². The second-order valence-corrected chi connectivity index (χ2v) is 5.18. The molecule has 6 heteroatoms. The fourth-order valence-electron chi connectivity index (χ4n) is 2.36. The van der Waals surface area contributed by atoms with E-state index in [9.17, 15) is 0 Å². The Labute approximate surface area is 126 Å². The molecule has 0 atom stereocenters. The highest BCUT2D eigenvalue weighted by atomic mass is 16.5. The Morgan fingerprint density at radius 3 is 2.86 bits per heavy atom. The summed E-state index contributed by atoms with van der Waals surface area (Å²) in [5.41, 5.74) is 4.51. The van der Waals surface area contributed by atoms with Crippen LogP contribution in [-0.4, -0.2) is 24.7 Å². The lowest BCUT2D eigenvalue weighted by Crippen LogP contribution is -1.88. The minimum Gasteiger partial charge on any atom is -0.333 e. The Morgan fingerprint density at radius 1 is 1.09 bits per heavy atom. The van der Waals surface area contributed by atoms with Gasteiger partial charge in [-0.05, 0) is 43.7 Å². The number of hydrogen-bond acceptors (Lipinski definition) is 5. The van der Waals surface area contributed by atoms with E-state index in [1.54, 1.807) is 10.7 Å². The van der Waals surface area contributed by atoms with Gasteiger partial charge in [-0.1, -0.05) is 11.2 Å². The largest absolute Gasteiger partial charge is 0.333 e. The third kappa shape index (κ3) is 2.05. The highest BCUT2D eigenvalue weighted by molar-refractivity contribution is 5.75. The van der Waals surface area contributed by atoms with Gasteiger partial charge in [-0.15, -0.1) is 0 Å². The molecular weight excluding hydrogens is 278 g/mol. The summed E-state index contributed by atoms with van der Waals surface area (Å²) in [7, 11) is 0. The number of aryl methyl sites for hydroxylation is 2. The molecule has 4 aromatic heterocycles. The fraction of sp³-hybridized carbons (Fsp3) is 0.125. The van der Waals surface area contributed by atoms with E-state index in [2.05, 4.69) is 20.2 Å². The average Bonchev–Trinajstić information content (AvgIpc) is 3.13. The summed E-state index contributed by atoms with van der Waals surface area (Å²) in [6.45, 7) is 3.96. The van der Waals surface area contributed by atoms with E-state index in [1.165, 1.54) is 0 Å². The molecule has 0 saturated carbocycles. The van der Waals surface area contributed by atoms with E-state index >= 15 is 0 Å². The van der Waals surface area contributed by atoms with Gasteiger partial charge in [0.05, 0.1) is 17.3 Å². The minimum atomic E-state index is 0.443. The summed E-state index contributed by atoms with van der Waals surface area (Å²) in [6.07, 6.45) is 3.64. The van der Waals surface area contributed by atoms with Gasteiger partial charge >= 0.3 is 0 Å². The summed E-state index contributed by atoms with van der Waals surface area (Å²) in [6, 6.07) is 9.75. The van der Waals surface area contributed by atoms with E-state index in [0.29, 0.717) is 17.4 Å². The maximum Gasteiger partial charge on any atom is 0.262 e. The van der Waals surface area contributed by atoms with Gasteiger partial charge in [0.25, 0.3) is 5.89 Å². The summed E-state index contributed by atoms with van der Waals surface area (Å²) >= 11 is 0. The molecule has 0 bridgehead atoms. The molecule has 6 nitrogen and oxygen atoms in total. The van der Waals surface area contributed by atoms with Crippen LogP contribution < -0.4 is 0 Å². The third-order valence-corrected chi connectivity index (χ3v) is 3.45. The first-order chi connectivity index (χ1) is 10.7. The molecule has 0 aromatic carbocycles. The topological polar surface area (TPSA) is 69.1 Å². The molecule has 22 heavy (non-hydrogen) atoms. The molecule has 0 aliphatic heterocycles. The van der Waals surface area contributed by atoms with E-state index in [0.717, 1.165) is 22.3 Å². The van der Waals surface area contributed by atoms with Crippen molar-refractivity contribution in [1.29, 1.82) is 0 Å². The van der Waals surface area contributed by atoms with Crippen LogP contribution in [0.25, 0.3) is 28.5 Å². The maximum absolute atomic E-state index is 5.40. The molecule has 0 unspecified atom stereocenters. The Bertz CT molecular complexity index is 970. The van der Waals surface area contributed by atoms with Crippen LogP contribution >= 0.6 is 0 Å². The van der Waals surface area contributed by atoms with Gasteiger partial charge < -0.3 is 4.52 Å². The molecule has 4 rings (SSSR count). The van der Waals surface area contributed by atoms with Gasteiger partial charge in [-0.25, -0.2) is 9.50 Å². The first kappa shape index (κ1) is 12.7. The smallest absolute Gasteiger partial charge is 0.262 e. The van der Waals surface area contributed by atoms with Crippen molar-refractivity contribution in [3.05, 3.63) is 54.0 Å². The van der Waals surface area contributed by atoms with E-state index in [-0.39, 0.29) is 0 Å². The number of hydrogen-bond donors (Lipinski definition) is 0. The highest BCUT2D eigenvalue weighted by Crippen LogP contribution is 2.25. The summed E-state index contributed by atoms with van der Waals surface area (Å²) in [5.74, 6) is 0.921.